The lowest BCUT2D eigenvalue weighted by atomic mass is 9.89. The van der Waals surface area contributed by atoms with E-state index in [0.29, 0.717) is 5.17 Å². The van der Waals surface area contributed by atoms with Gasteiger partial charge in [-0.25, -0.2) is 8.78 Å². The quantitative estimate of drug-likeness (QED) is 0.829. The topological polar surface area (TPSA) is 76.7 Å². The van der Waals surface area contributed by atoms with Crippen LogP contribution in [0.3, 0.4) is 0 Å². The number of amidine groups is 1. The van der Waals surface area contributed by atoms with Crippen molar-refractivity contribution in [2.45, 2.75) is 18.9 Å². The molecule has 0 fully saturated rings. The Balaban J connectivity index is 1.88. The zero-order valence-electron chi connectivity index (χ0n) is 14.9. The van der Waals surface area contributed by atoms with Gasteiger partial charge in [-0.1, -0.05) is 17.8 Å². The summed E-state index contributed by atoms with van der Waals surface area (Å²) < 4.78 is 32.9. The van der Waals surface area contributed by atoms with E-state index in [1.165, 1.54) is 37.1 Å². The smallest absolute Gasteiger partial charge is 0.255 e. The van der Waals surface area contributed by atoms with Crippen molar-refractivity contribution in [1.29, 1.82) is 0 Å². The molecule has 2 aromatic rings. The summed E-state index contributed by atoms with van der Waals surface area (Å²) in [5.41, 5.74) is 6.04. The van der Waals surface area contributed by atoms with Crippen molar-refractivity contribution in [3.8, 4) is 5.75 Å². The number of ether oxygens (including phenoxy) is 1. The minimum Gasteiger partial charge on any atom is -0.494 e. The number of methoxy groups -OCH3 is 1. The number of thioether (sulfide) groups is 1. The molecule has 2 aromatic carbocycles. The van der Waals surface area contributed by atoms with Gasteiger partial charge in [-0.05, 0) is 49.2 Å². The molecular formula is C19H19F2N3O2S. The maximum Gasteiger partial charge on any atom is 0.255 e. The molecule has 0 spiro atoms. The van der Waals surface area contributed by atoms with Crippen molar-refractivity contribution in [3.05, 3.63) is 59.2 Å². The van der Waals surface area contributed by atoms with Crippen molar-refractivity contribution in [1.82, 2.24) is 0 Å². The van der Waals surface area contributed by atoms with Gasteiger partial charge in [0.25, 0.3) is 5.91 Å². The van der Waals surface area contributed by atoms with E-state index in [1.807, 2.05) is 6.92 Å². The summed E-state index contributed by atoms with van der Waals surface area (Å²) in [6, 6.07) is 8.24. The molecule has 5 nitrogen and oxygen atoms in total. The molecule has 0 saturated carbocycles. The van der Waals surface area contributed by atoms with Gasteiger partial charge in [0.2, 0.25) is 0 Å². The van der Waals surface area contributed by atoms with Gasteiger partial charge in [-0.15, -0.1) is 0 Å². The molecule has 1 aliphatic rings. The van der Waals surface area contributed by atoms with Crippen LogP contribution in [0, 0.1) is 11.6 Å². The number of rotatable bonds is 4. The average molecular weight is 391 g/mol. The predicted octanol–water partition coefficient (Wildman–Crippen LogP) is 3.89. The first-order valence-electron chi connectivity index (χ1n) is 8.25. The van der Waals surface area contributed by atoms with E-state index in [-0.39, 0.29) is 17.0 Å². The Bertz CT molecular complexity index is 920. The molecule has 3 rings (SSSR count). The maximum atomic E-state index is 14.2. The predicted molar refractivity (Wildman–Crippen MR) is 103 cm³/mol. The fourth-order valence-corrected chi connectivity index (χ4v) is 3.83. The first-order chi connectivity index (χ1) is 12.8. The highest BCUT2D eigenvalue weighted by atomic mass is 32.2. The molecule has 142 valence electrons. The van der Waals surface area contributed by atoms with Gasteiger partial charge >= 0.3 is 0 Å². The zero-order valence-corrected chi connectivity index (χ0v) is 15.7. The SMILES string of the molecule is COc1ccc(C(=O)Nc2cc(C3(C)CCSC(N)=N3)ccc2F)cc1F. The Kier molecular flexibility index (Phi) is 5.36. The van der Waals surface area contributed by atoms with E-state index in [2.05, 4.69) is 10.3 Å². The minimum atomic E-state index is -0.670. The number of halogens is 2. The van der Waals surface area contributed by atoms with Crippen LogP contribution in [-0.2, 0) is 5.54 Å². The molecule has 1 heterocycles. The Hall–Kier alpha value is -2.61. The summed E-state index contributed by atoms with van der Waals surface area (Å²) in [6.07, 6.45) is 0.737. The van der Waals surface area contributed by atoms with Crippen LogP contribution < -0.4 is 15.8 Å². The summed E-state index contributed by atoms with van der Waals surface area (Å²) in [5, 5.41) is 2.97. The number of aliphatic imine (C=N–C) groups is 1. The van der Waals surface area contributed by atoms with Crippen LogP contribution in [-0.4, -0.2) is 23.9 Å². The number of amides is 1. The molecule has 1 unspecified atom stereocenters. The third-order valence-corrected chi connectivity index (χ3v) is 5.24. The fourth-order valence-electron chi connectivity index (χ4n) is 2.85. The van der Waals surface area contributed by atoms with E-state index >= 15 is 0 Å². The number of benzene rings is 2. The maximum absolute atomic E-state index is 14.2. The van der Waals surface area contributed by atoms with Gasteiger partial charge in [0.15, 0.2) is 16.7 Å². The fraction of sp³-hybridized carbons (Fsp3) is 0.263. The highest BCUT2D eigenvalue weighted by Crippen LogP contribution is 2.36. The molecule has 27 heavy (non-hydrogen) atoms. The summed E-state index contributed by atoms with van der Waals surface area (Å²) in [4.78, 5) is 16.9. The number of hydrogen-bond donors (Lipinski definition) is 2. The summed E-state index contributed by atoms with van der Waals surface area (Å²) in [5.74, 6) is -1.06. The van der Waals surface area contributed by atoms with Crippen LogP contribution in [0.5, 0.6) is 5.75 Å². The van der Waals surface area contributed by atoms with Crippen molar-refractivity contribution in [3.63, 3.8) is 0 Å². The molecule has 1 atom stereocenters. The van der Waals surface area contributed by atoms with Crippen molar-refractivity contribution >= 4 is 28.5 Å². The Labute approximate surface area is 160 Å². The average Bonchev–Trinajstić information content (AvgIpc) is 2.63. The highest BCUT2D eigenvalue weighted by Gasteiger charge is 2.30. The third kappa shape index (κ3) is 4.05. The summed E-state index contributed by atoms with van der Waals surface area (Å²) in [7, 11) is 1.33. The van der Waals surface area contributed by atoms with Crippen LogP contribution in [0.15, 0.2) is 41.4 Å². The number of carbonyl (C=O) groups excluding carboxylic acids is 1. The van der Waals surface area contributed by atoms with Crippen LogP contribution in [0.2, 0.25) is 0 Å². The monoisotopic (exact) mass is 391 g/mol. The lowest BCUT2D eigenvalue weighted by Crippen LogP contribution is -2.29. The molecule has 0 aromatic heterocycles. The molecular weight excluding hydrogens is 372 g/mol. The largest absolute Gasteiger partial charge is 0.494 e. The molecule has 8 heteroatoms. The Morgan fingerprint density at radius 2 is 2.04 bits per heavy atom. The molecule has 0 saturated heterocycles. The highest BCUT2D eigenvalue weighted by molar-refractivity contribution is 8.13. The standard InChI is InChI=1S/C19H19F2N3O2S/c1-19(7-8-27-18(22)24-19)12-4-5-13(20)15(10-12)23-17(25)11-3-6-16(26-2)14(21)9-11/h3-6,9-10H,7-8H2,1-2H3,(H2,22,24)(H,23,25). The summed E-state index contributed by atoms with van der Waals surface area (Å²) in [6.45, 7) is 1.91. The second-order valence-corrected chi connectivity index (χ2v) is 7.44. The number of anilines is 1. The van der Waals surface area contributed by atoms with Crippen molar-refractivity contribution < 1.29 is 18.3 Å². The van der Waals surface area contributed by atoms with Crippen LogP contribution in [0.4, 0.5) is 14.5 Å². The Morgan fingerprint density at radius 1 is 1.26 bits per heavy atom. The van der Waals surface area contributed by atoms with Gasteiger partial charge in [0.1, 0.15) is 5.82 Å². The van der Waals surface area contributed by atoms with Gasteiger partial charge < -0.3 is 15.8 Å². The number of nitrogens with zero attached hydrogens (tertiary/aromatic N) is 1. The third-order valence-electron chi connectivity index (χ3n) is 4.45. The van der Waals surface area contributed by atoms with Crippen LogP contribution >= 0.6 is 11.8 Å². The van der Waals surface area contributed by atoms with E-state index in [1.54, 1.807) is 12.1 Å². The van der Waals surface area contributed by atoms with E-state index < -0.39 is 23.1 Å². The molecule has 1 amide bonds. The molecule has 0 aliphatic carbocycles. The van der Waals surface area contributed by atoms with E-state index in [4.69, 9.17) is 10.5 Å². The number of nitrogens with one attached hydrogen (secondary N) is 1. The number of nitrogens with two attached hydrogens (primary N) is 1. The van der Waals surface area contributed by atoms with E-state index in [9.17, 15) is 13.6 Å². The van der Waals surface area contributed by atoms with Gasteiger partial charge in [-0.2, -0.15) is 0 Å². The molecule has 0 radical (unpaired) electrons. The lowest BCUT2D eigenvalue weighted by molar-refractivity contribution is 0.102. The number of hydrogen-bond acceptors (Lipinski definition) is 5. The lowest BCUT2D eigenvalue weighted by Gasteiger charge is -2.30. The first kappa shape index (κ1) is 19.2. The van der Waals surface area contributed by atoms with Crippen molar-refractivity contribution in [2.75, 3.05) is 18.2 Å². The normalized spacial score (nSPS) is 19.3. The summed E-state index contributed by atoms with van der Waals surface area (Å²) >= 11 is 1.47. The zero-order chi connectivity index (χ0) is 19.6. The minimum absolute atomic E-state index is 0.00180. The second kappa shape index (κ2) is 7.56. The van der Waals surface area contributed by atoms with Crippen LogP contribution in [0.25, 0.3) is 0 Å². The van der Waals surface area contributed by atoms with Gasteiger partial charge in [0.05, 0.1) is 18.3 Å². The second-order valence-electron chi connectivity index (χ2n) is 6.32. The van der Waals surface area contributed by atoms with Crippen LogP contribution in [0.1, 0.15) is 29.3 Å². The molecule has 3 N–H and O–H groups in total. The van der Waals surface area contributed by atoms with E-state index in [0.717, 1.165) is 23.8 Å². The van der Waals surface area contributed by atoms with Gasteiger partial charge in [0, 0.05) is 11.3 Å². The van der Waals surface area contributed by atoms with Gasteiger partial charge in [-0.3, -0.25) is 9.79 Å². The molecule has 1 aliphatic heterocycles. The van der Waals surface area contributed by atoms with Crippen molar-refractivity contribution in [2.24, 2.45) is 10.7 Å². The Morgan fingerprint density at radius 3 is 2.70 bits per heavy atom. The molecule has 0 bridgehead atoms. The first-order valence-corrected chi connectivity index (χ1v) is 9.24. The number of carbonyl (C=O) groups is 1.